The van der Waals surface area contributed by atoms with Crippen LogP contribution in [-0.2, 0) is 4.79 Å². The van der Waals surface area contributed by atoms with Gasteiger partial charge < -0.3 is 15.4 Å². The monoisotopic (exact) mass is 310 g/mol. The third kappa shape index (κ3) is 3.22. The summed E-state index contributed by atoms with van der Waals surface area (Å²) in [4.78, 5) is 14.8. The van der Waals surface area contributed by atoms with Crippen LogP contribution in [0, 0.1) is 6.92 Å². The maximum absolute atomic E-state index is 13.0. The fourth-order valence-corrected chi connectivity index (χ4v) is 2.86. The molecule has 2 N–H and O–H groups in total. The summed E-state index contributed by atoms with van der Waals surface area (Å²) in [6, 6.07) is 15.6. The fraction of sp³-hybridized carbons (Fsp3) is 0.316. The van der Waals surface area contributed by atoms with Crippen LogP contribution in [0.3, 0.4) is 0 Å². The molecule has 0 radical (unpaired) electrons. The van der Waals surface area contributed by atoms with Crippen LogP contribution in [0.5, 0.6) is 5.75 Å². The minimum atomic E-state index is -0.579. The zero-order valence-electron chi connectivity index (χ0n) is 13.4. The number of hydrogen-bond donors (Lipinski definition) is 1. The van der Waals surface area contributed by atoms with Gasteiger partial charge in [-0.3, -0.25) is 4.79 Å². The van der Waals surface area contributed by atoms with Crippen molar-refractivity contribution < 1.29 is 9.53 Å². The number of carbonyl (C=O) groups excluding carboxylic acids is 1. The number of unbranched alkanes of at least 4 members (excludes halogenated alkanes) is 1. The van der Waals surface area contributed by atoms with Crippen LogP contribution in [0.4, 0.5) is 5.69 Å². The molecule has 1 unspecified atom stereocenters. The van der Waals surface area contributed by atoms with Crippen LogP contribution in [-0.4, -0.2) is 19.0 Å². The minimum Gasteiger partial charge on any atom is -0.474 e. The van der Waals surface area contributed by atoms with Gasteiger partial charge >= 0.3 is 0 Å². The van der Waals surface area contributed by atoms with Gasteiger partial charge in [-0.2, -0.15) is 0 Å². The number of ether oxygens (including phenoxy) is 1. The summed E-state index contributed by atoms with van der Waals surface area (Å²) in [5.41, 5.74) is 8.44. The van der Waals surface area contributed by atoms with E-state index < -0.39 is 6.10 Å². The average molecular weight is 310 g/mol. The van der Waals surface area contributed by atoms with E-state index in [0.29, 0.717) is 13.1 Å². The lowest BCUT2D eigenvalue weighted by molar-refractivity contribution is -0.126. The predicted molar refractivity (Wildman–Crippen MR) is 91.6 cm³/mol. The number of aryl methyl sites for hydroxylation is 1. The summed E-state index contributed by atoms with van der Waals surface area (Å²) in [6.07, 6.45) is 1.21. The van der Waals surface area contributed by atoms with Crippen LogP contribution >= 0.6 is 0 Å². The van der Waals surface area contributed by atoms with Gasteiger partial charge in [0.15, 0.2) is 0 Å². The van der Waals surface area contributed by atoms with Crippen molar-refractivity contribution in [3.05, 3.63) is 59.7 Å². The smallest absolute Gasteiger partial charge is 0.272 e. The largest absolute Gasteiger partial charge is 0.474 e. The van der Waals surface area contributed by atoms with E-state index in [9.17, 15) is 4.79 Å². The fourth-order valence-electron chi connectivity index (χ4n) is 2.86. The van der Waals surface area contributed by atoms with Crippen molar-refractivity contribution in [1.29, 1.82) is 0 Å². The van der Waals surface area contributed by atoms with Crippen LogP contribution in [0.2, 0.25) is 0 Å². The molecule has 2 aromatic carbocycles. The van der Waals surface area contributed by atoms with Gasteiger partial charge in [-0.25, -0.2) is 0 Å². The summed E-state index contributed by atoms with van der Waals surface area (Å²) in [5.74, 6) is 0.753. The molecule has 0 fully saturated rings. The Balaban J connectivity index is 1.95. The molecule has 23 heavy (non-hydrogen) atoms. The number of nitrogens with two attached hydrogens (primary N) is 1. The van der Waals surface area contributed by atoms with E-state index in [0.717, 1.165) is 35.4 Å². The third-order valence-corrected chi connectivity index (χ3v) is 4.08. The number of hydrogen-bond acceptors (Lipinski definition) is 3. The average Bonchev–Trinajstić information content (AvgIpc) is 2.57. The van der Waals surface area contributed by atoms with Gasteiger partial charge in [0.1, 0.15) is 5.75 Å². The Morgan fingerprint density at radius 1 is 1.13 bits per heavy atom. The van der Waals surface area contributed by atoms with Gasteiger partial charge in [0.05, 0.1) is 5.69 Å². The van der Waals surface area contributed by atoms with Crippen LogP contribution < -0.4 is 15.4 Å². The third-order valence-electron chi connectivity index (χ3n) is 4.08. The first kappa shape index (κ1) is 15.6. The van der Waals surface area contributed by atoms with Gasteiger partial charge in [0, 0.05) is 12.1 Å². The summed E-state index contributed by atoms with van der Waals surface area (Å²) < 4.78 is 6.01. The van der Waals surface area contributed by atoms with Gasteiger partial charge in [-0.1, -0.05) is 36.4 Å². The first-order valence-electron chi connectivity index (χ1n) is 8.04. The molecule has 0 saturated heterocycles. The molecule has 0 aromatic heterocycles. The Hall–Kier alpha value is -2.33. The summed E-state index contributed by atoms with van der Waals surface area (Å²) in [6.45, 7) is 3.33. The van der Waals surface area contributed by atoms with E-state index in [1.165, 1.54) is 0 Å². The van der Waals surface area contributed by atoms with Crippen molar-refractivity contribution in [2.24, 2.45) is 5.73 Å². The summed E-state index contributed by atoms with van der Waals surface area (Å²) in [5, 5.41) is 0. The zero-order chi connectivity index (χ0) is 16.2. The van der Waals surface area contributed by atoms with Crippen LogP contribution in [0.25, 0.3) is 0 Å². The van der Waals surface area contributed by atoms with E-state index in [1.807, 2.05) is 60.4 Å². The molecule has 1 aliphatic heterocycles. The Morgan fingerprint density at radius 3 is 2.65 bits per heavy atom. The molecular weight excluding hydrogens is 288 g/mol. The highest BCUT2D eigenvalue weighted by molar-refractivity contribution is 6.00. The molecule has 4 heteroatoms. The number of nitrogens with zero attached hydrogens (tertiary/aromatic N) is 1. The first-order valence-corrected chi connectivity index (χ1v) is 8.04. The highest BCUT2D eigenvalue weighted by Crippen LogP contribution is 2.39. The van der Waals surface area contributed by atoms with Gasteiger partial charge in [0.2, 0.25) is 6.10 Å². The number of amides is 1. The van der Waals surface area contributed by atoms with E-state index in [-0.39, 0.29) is 5.91 Å². The second kappa shape index (κ2) is 6.84. The summed E-state index contributed by atoms with van der Waals surface area (Å²) >= 11 is 0. The highest BCUT2D eigenvalue weighted by atomic mass is 16.5. The summed E-state index contributed by atoms with van der Waals surface area (Å²) in [7, 11) is 0. The van der Waals surface area contributed by atoms with Crippen LogP contribution in [0.1, 0.15) is 30.1 Å². The molecule has 1 atom stereocenters. The topological polar surface area (TPSA) is 55.6 Å². The Bertz CT molecular complexity index is 685. The molecule has 1 amide bonds. The molecule has 0 aliphatic carbocycles. The van der Waals surface area contributed by atoms with E-state index in [4.69, 9.17) is 10.5 Å². The minimum absolute atomic E-state index is 0.00804. The van der Waals surface area contributed by atoms with Crippen molar-refractivity contribution >= 4 is 11.6 Å². The van der Waals surface area contributed by atoms with Crippen molar-refractivity contribution in [3.63, 3.8) is 0 Å². The molecule has 0 bridgehead atoms. The number of rotatable bonds is 5. The lowest BCUT2D eigenvalue weighted by atomic mass is 10.0. The molecule has 0 saturated carbocycles. The number of benzene rings is 2. The Morgan fingerprint density at radius 2 is 1.91 bits per heavy atom. The van der Waals surface area contributed by atoms with E-state index in [2.05, 4.69) is 0 Å². The second-order valence-electron chi connectivity index (χ2n) is 5.87. The number of anilines is 1. The standard InChI is InChI=1S/C19H22N2O2/c1-14-9-10-17-16(13-14)21(12-6-5-11-20)19(22)18(23-17)15-7-3-2-4-8-15/h2-4,7-10,13,18H,5-6,11-12,20H2,1H3. The predicted octanol–water partition coefficient (Wildman–Crippen LogP) is 3.20. The lowest BCUT2D eigenvalue weighted by Crippen LogP contribution is -2.41. The van der Waals surface area contributed by atoms with Crippen molar-refractivity contribution in [1.82, 2.24) is 0 Å². The second-order valence-corrected chi connectivity index (χ2v) is 5.87. The first-order chi connectivity index (χ1) is 11.2. The quantitative estimate of drug-likeness (QED) is 0.863. The molecule has 0 spiro atoms. The SMILES string of the molecule is Cc1ccc2c(c1)N(CCCCN)C(=O)C(c1ccccc1)O2. The maximum atomic E-state index is 13.0. The van der Waals surface area contributed by atoms with Crippen molar-refractivity contribution in [2.45, 2.75) is 25.9 Å². The molecule has 3 rings (SSSR count). The van der Waals surface area contributed by atoms with Crippen molar-refractivity contribution in [2.75, 3.05) is 18.0 Å². The number of fused-ring (bicyclic) bond motifs is 1. The maximum Gasteiger partial charge on any atom is 0.272 e. The molecule has 2 aromatic rings. The Kier molecular flexibility index (Phi) is 4.63. The van der Waals surface area contributed by atoms with Crippen LogP contribution in [0.15, 0.2) is 48.5 Å². The molecule has 1 aliphatic rings. The molecule has 1 heterocycles. The molecule has 4 nitrogen and oxygen atoms in total. The molecule has 120 valence electrons. The zero-order valence-corrected chi connectivity index (χ0v) is 13.4. The van der Waals surface area contributed by atoms with Gasteiger partial charge in [0.25, 0.3) is 5.91 Å². The molecular formula is C19H22N2O2. The normalized spacial score (nSPS) is 16.9. The Labute approximate surface area is 136 Å². The highest BCUT2D eigenvalue weighted by Gasteiger charge is 2.35. The van der Waals surface area contributed by atoms with Gasteiger partial charge in [-0.05, 0) is 44.0 Å². The van der Waals surface area contributed by atoms with E-state index >= 15 is 0 Å². The van der Waals surface area contributed by atoms with Gasteiger partial charge in [-0.15, -0.1) is 0 Å². The van der Waals surface area contributed by atoms with E-state index in [1.54, 1.807) is 0 Å². The number of carbonyl (C=O) groups is 1. The lowest BCUT2D eigenvalue weighted by Gasteiger charge is -2.35. The van der Waals surface area contributed by atoms with Crippen molar-refractivity contribution in [3.8, 4) is 5.75 Å².